The molecule has 1 amide bonds. The van der Waals surface area contributed by atoms with Crippen LogP contribution in [-0.4, -0.2) is 42.1 Å². The summed E-state index contributed by atoms with van der Waals surface area (Å²) in [5.74, 6) is -0.0285. The van der Waals surface area contributed by atoms with Crippen LogP contribution >= 0.6 is 12.2 Å². The lowest BCUT2D eigenvalue weighted by molar-refractivity contribution is -0.136. The van der Waals surface area contributed by atoms with Crippen LogP contribution in [-0.2, 0) is 9.53 Å². The molecule has 0 saturated carbocycles. The van der Waals surface area contributed by atoms with Gasteiger partial charge >= 0.3 is 0 Å². The van der Waals surface area contributed by atoms with E-state index in [1.807, 2.05) is 6.92 Å². The Morgan fingerprint density at radius 1 is 1.56 bits per heavy atom. The van der Waals surface area contributed by atoms with E-state index in [0.29, 0.717) is 18.0 Å². The number of hydrogen-bond donors (Lipinski definition) is 1. The first kappa shape index (κ1) is 15.3. The molecule has 0 rings (SSSR count). The fraction of sp³-hybridized carbons (Fsp3) is 0.818. The van der Waals surface area contributed by atoms with Crippen LogP contribution in [0.15, 0.2) is 0 Å². The lowest BCUT2D eigenvalue weighted by Gasteiger charge is -2.18. The number of nitrogens with zero attached hydrogens (tertiary/aromatic N) is 1. The molecular weight excluding hydrogens is 224 g/mol. The Balaban J connectivity index is 3.74. The number of likely N-dealkylation sites (N-methyl/N-ethyl adjacent to an activating group) is 1. The van der Waals surface area contributed by atoms with Crippen molar-refractivity contribution in [1.29, 1.82) is 0 Å². The fourth-order valence-corrected chi connectivity index (χ4v) is 1.31. The number of rotatable bonds is 8. The minimum Gasteiger partial charge on any atom is -0.393 e. The standard InChI is InChI=1S/C11H22N2O2S/c1-4-5-9(2)15-8-11(14)13(3)7-6-10(12)16/h9H,4-8H2,1-3H3,(H2,12,16). The van der Waals surface area contributed by atoms with E-state index in [1.165, 1.54) is 0 Å². The number of amides is 1. The fourth-order valence-electron chi connectivity index (χ4n) is 1.22. The third-order valence-corrected chi connectivity index (χ3v) is 2.51. The maximum absolute atomic E-state index is 11.6. The van der Waals surface area contributed by atoms with E-state index in [2.05, 4.69) is 6.92 Å². The monoisotopic (exact) mass is 246 g/mol. The molecule has 0 aliphatic carbocycles. The van der Waals surface area contributed by atoms with Gasteiger partial charge in [-0.15, -0.1) is 0 Å². The molecule has 0 aromatic carbocycles. The number of thiocarbonyl (C=S) groups is 1. The number of nitrogens with two attached hydrogens (primary N) is 1. The highest BCUT2D eigenvalue weighted by Gasteiger charge is 2.10. The summed E-state index contributed by atoms with van der Waals surface area (Å²) in [7, 11) is 1.73. The molecule has 0 heterocycles. The van der Waals surface area contributed by atoms with Gasteiger partial charge in [0.15, 0.2) is 0 Å². The van der Waals surface area contributed by atoms with Crippen LogP contribution in [0.3, 0.4) is 0 Å². The summed E-state index contributed by atoms with van der Waals surface area (Å²) in [6.07, 6.45) is 2.73. The van der Waals surface area contributed by atoms with Crippen LogP contribution in [0.25, 0.3) is 0 Å². The Kier molecular flexibility index (Phi) is 8.11. The summed E-state index contributed by atoms with van der Waals surface area (Å²) in [5.41, 5.74) is 5.36. The first-order valence-corrected chi connectivity index (χ1v) is 6.02. The predicted molar refractivity (Wildman–Crippen MR) is 69.4 cm³/mol. The number of carbonyl (C=O) groups is 1. The molecule has 0 aromatic heterocycles. The molecule has 94 valence electrons. The molecule has 5 heteroatoms. The van der Waals surface area contributed by atoms with Crippen molar-refractivity contribution in [3.05, 3.63) is 0 Å². The van der Waals surface area contributed by atoms with Crippen molar-refractivity contribution in [3.63, 3.8) is 0 Å². The molecule has 0 radical (unpaired) electrons. The highest BCUT2D eigenvalue weighted by atomic mass is 32.1. The topological polar surface area (TPSA) is 55.6 Å². The van der Waals surface area contributed by atoms with Crippen LogP contribution in [0.2, 0.25) is 0 Å². The highest BCUT2D eigenvalue weighted by Crippen LogP contribution is 2.01. The zero-order chi connectivity index (χ0) is 12.6. The average molecular weight is 246 g/mol. The SMILES string of the molecule is CCCC(C)OCC(=O)N(C)CCC(N)=S. The molecule has 0 aliphatic rings. The molecule has 0 bridgehead atoms. The van der Waals surface area contributed by atoms with Crippen molar-refractivity contribution < 1.29 is 9.53 Å². The lowest BCUT2D eigenvalue weighted by atomic mass is 10.2. The third kappa shape index (κ3) is 7.59. The van der Waals surface area contributed by atoms with Crippen molar-refractivity contribution in [2.24, 2.45) is 5.73 Å². The van der Waals surface area contributed by atoms with Crippen LogP contribution in [0.1, 0.15) is 33.1 Å². The summed E-state index contributed by atoms with van der Waals surface area (Å²) < 4.78 is 5.42. The first-order chi connectivity index (χ1) is 7.47. The Morgan fingerprint density at radius 2 is 2.19 bits per heavy atom. The molecule has 16 heavy (non-hydrogen) atoms. The van der Waals surface area contributed by atoms with Gasteiger partial charge < -0.3 is 15.4 Å². The summed E-state index contributed by atoms with van der Waals surface area (Å²) in [6.45, 7) is 4.76. The van der Waals surface area contributed by atoms with Crippen LogP contribution < -0.4 is 5.73 Å². The molecule has 4 nitrogen and oxygen atoms in total. The predicted octanol–water partition coefficient (Wildman–Crippen LogP) is 1.33. The van der Waals surface area contributed by atoms with Gasteiger partial charge in [-0.3, -0.25) is 4.79 Å². The normalized spacial score (nSPS) is 12.2. The molecule has 0 aromatic rings. The van der Waals surface area contributed by atoms with E-state index in [-0.39, 0.29) is 18.6 Å². The second kappa shape index (κ2) is 8.47. The van der Waals surface area contributed by atoms with Gasteiger partial charge in [-0.05, 0) is 13.3 Å². The molecule has 1 unspecified atom stereocenters. The summed E-state index contributed by atoms with van der Waals surface area (Å²) in [6, 6.07) is 0. The molecule has 1 atom stereocenters. The Morgan fingerprint density at radius 3 is 2.69 bits per heavy atom. The second-order valence-corrected chi connectivity index (χ2v) is 4.47. The van der Waals surface area contributed by atoms with Gasteiger partial charge in [-0.25, -0.2) is 0 Å². The molecule has 0 spiro atoms. The summed E-state index contributed by atoms with van der Waals surface area (Å²) in [5, 5.41) is 0. The zero-order valence-corrected chi connectivity index (χ0v) is 11.2. The Hall–Kier alpha value is -0.680. The van der Waals surface area contributed by atoms with Crippen molar-refractivity contribution in [2.45, 2.75) is 39.2 Å². The minimum atomic E-state index is -0.0285. The quantitative estimate of drug-likeness (QED) is 0.656. The molecular formula is C11H22N2O2S. The molecule has 0 aliphatic heterocycles. The third-order valence-electron chi connectivity index (χ3n) is 2.31. The maximum Gasteiger partial charge on any atom is 0.248 e. The van der Waals surface area contributed by atoms with Gasteiger partial charge in [-0.2, -0.15) is 0 Å². The van der Waals surface area contributed by atoms with Gasteiger partial charge in [0, 0.05) is 20.0 Å². The van der Waals surface area contributed by atoms with E-state index in [9.17, 15) is 4.79 Å². The van der Waals surface area contributed by atoms with E-state index < -0.39 is 0 Å². The minimum absolute atomic E-state index is 0.0285. The maximum atomic E-state index is 11.6. The molecule has 0 fully saturated rings. The van der Waals surface area contributed by atoms with E-state index in [1.54, 1.807) is 11.9 Å². The van der Waals surface area contributed by atoms with Gasteiger partial charge in [0.05, 0.1) is 11.1 Å². The van der Waals surface area contributed by atoms with E-state index >= 15 is 0 Å². The lowest BCUT2D eigenvalue weighted by Crippen LogP contribution is -2.33. The largest absolute Gasteiger partial charge is 0.393 e. The van der Waals surface area contributed by atoms with Gasteiger partial charge in [0.25, 0.3) is 0 Å². The van der Waals surface area contributed by atoms with Gasteiger partial charge in [-0.1, -0.05) is 25.6 Å². The summed E-state index contributed by atoms with van der Waals surface area (Å²) >= 11 is 4.75. The van der Waals surface area contributed by atoms with Gasteiger partial charge in [0.2, 0.25) is 5.91 Å². The van der Waals surface area contributed by atoms with Crippen LogP contribution in [0, 0.1) is 0 Å². The Bertz CT molecular complexity index is 234. The summed E-state index contributed by atoms with van der Waals surface area (Å²) in [4.78, 5) is 13.6. The Labute approximate surface area is 103 Å². The molecule has 0 saturated heterocycles. The van der Waals surface area contributed by atoms with Crippen molar-refractivity contribution >= 4 is 23.1 Å². The molecule has 2 N–H and O–H groups in total. The average Bonchev–Trinajstić information content (AvgIpc) is 2.22. The van der Waals surface area contributed by atoms with E-state index in [0.717, 1.165) is 12.8 Å². The number of hydrogen-bond acceptors (Lipinski definition) is 3. The van der Waals surface area contributed by atoms with Crippen molar-refractivity contribution in [2.75, 3.05) is 20.2 Å². The van der Waals surface area contributed by atoms with Crippen molar-refractivity contribution in [3.8, 4) is 0 Å². The number of carbonyl (C=O) groups excluding carboxylic acids is 1. The highest BCUT2D eigenvalue weighted by molar-refractivity contribution is 7.80. The zero-order valence-electron chi connectivity index (χ0n) is 10.4. The smallest absolute Gasteiger partial charge is 0.248 e. The van der Waals surface area contributed by atoms with Gasteiger partial charge in [0.1, 0.15) is 6.61 Å². The number of ether oxygens (including phenoxy) is 1. The van der Waals surface area contributed by atoms with Crippen molar-refractivity contribution in [1.82, 2.24) is 4.90 Å². The first-order valence-electron chi connectivity index (χ1n) is 5.61. The second-order valence-electron chi connectivity index (χ2n) is 3.94. The van der Waals surface area contributed by atoms with Crippen LogP contribution in [0.4, 0.5) is 0 Å². The van der Waals surface area contributed by atoms with E-state index in [4.69, 9.17) is 22.7 Å². The van der Waals surface area contributed by atoms with Crippen LogP contribution in [0.5, 0.6) is 0 Å².